The average molecular weight is 1310 g/mol. The number of imidazole rings is 3. The molecule has 0 bridgehead atoms. The van der Waals surface area contributed by atoms with Crippen molar-refractivity contribution in [1.82, 2.24) is 77.7 Å². The summed E-state index contributed by atoms with van der Waals surface area (Å²) in [7, 11) is 0. The van der Waals surface area contributed by atoms with Crippen LogP contribution in [0, 0.1) is 0 Å². The quantitative estimate of drug-likeness (QED) is 0.0604. The van der Waals surface area contributed by atoms with Crippen molar-refractivity contribution >= 4 is 51.1 Å². The van der Waals surface area contributed by atoms with Crippen molar-refractivity contribution < 1.29 is 105 Å². The molecule has 24 N–H and O–H groups in total. The van der Waals surface area contributed by atoms with E-state index in [1.54, 1.807) is 0 Å². The van der Waals surface area contributed by atoms with Crippen LogP contribution >= 0.6 is 0 Å². The van der Waals surface area contributed by atoms with Crippen LogP contribution < -0.4 is 39.7 Å². The summed E-state index contributed by atoms with van der Waals surface area (Å²) in [5, 5.41) is 152. The molecule has 8 aromatic heterocycles. The lowest BCUT2D eigenvalue weighted by atomic mass is 10.1. The molecule has 0 aliphatic carbocycles. The van der Waals surface area contributed by atoms with Crippen LogP contribution in [0.4, 0.5) is 17.6 Å². The summed E-state index contributed by atoms with van der Waals surface area (Å²) in [4.78, 5) is 84.4. The van der Waals surface area contributed by atoms with Gasteiger partial charge in [-0.05, 0) is 6.07 Å². The van der Waals surface area contributed by atoms with Gasteiger partial charge in [0, 0.05) is 18.5 Å². The van der Waals surface area contributed by atoms with Crippen molar-refractivity contribution in [2.75, 3.05) is 50.2 Å². The first-order valence-electron chi connectivity index (χ1n) is 27.2. The molecule has 0 spiro atoms. The van der Waals surface area contributed by atoms with Crippen LogP contribution in [0.15, 0.2) is 75.3 Å². The number of H-pyrrole nitrogens is 2. The Hall–Kier alpha value is -8.59. The van der Waals surface area contributed by atoms with Crippen molar-refractivity contribution in [2.45, 2.75) is 123 Å². The molecule has 44 nitrogen and oxygen atoms in total. The van der Waals surface area contributed by atoms with E-state index in [1.807, 2.05) is 4.98 Å². The van der Waals surface area contributed by atoms with Gasteiger partial charge < -0.3 is 123 Å². The van der Waals surface area contributed by atoms with E-state index in [4.69, 9.17) is 66.4 Å². The van der Waals surface area contributed by atoms with Gasteiger partial charge in [0.2, 0.25) is 11.8 Å². The standard InChI is InChI=1S/C10H13N5O5.C10H13N5O4.C10H12N4O5.C9H13N3O5.C9H12N2O6/c11-10-13-7-4(8(19)14-10)12-2-15(7)9-6(18)5(17)3(1-16)20-9;11-8-5-9(13-2-12-8)15(3-14-5)10-7(18)6(17)4(1-16)19-10;15-1-4-6(16)7(17)10(19-4)14-3-13-5-8(14)11-2-12-9(5)18;10-5-1-2-12(9(16)11-5)8-7(15)6(14)4(3-13)17-8;12-3-4-6(14)7(15)8(17-4)11-2-1-5(13)10-9(11)16/h2-3,5-6,9,16-18H,1H2,(H3,11,13,14,19);2-4,6-7,10,16-18H,1H2,(H2,11,12,13);2-4,6-7,10,15-17H,1H2,(H,11,12,18);1-2,4,6-8,13-15H,3H2,(H2,10,11,16);1-2,4,6-8,12,14-15H,3H2,(H,10,13,16)/t3-,5-,6-,9-;2*4-,6-,7-,10-;2*4-,6-,7-,8-/m11111/s1. The molecule has 0 saturated carbocycles. The number of fused-ring (bicyclic) bond motifs is 3. The number of rotatable bonds is 10. The Bertz CT molecular complexity index is 3950. The molecule has 92 heavy (non-hydrogen) atoms. The Kier molecular flexibility index (Phi) is 21.0. The molecule has 44 heteroatoms. The van der Waals surface area contributed by atoms with Crippen LogP contribution in [0.2, 0.25) is 0 Å². The van der Waals surface area contributed by atoms with Crippen molar-refractivity contribution in [3.05, 3.63) is 97.8 Å². The van der Waals surface area contributed by atoms with Crippen LogP contribution in [-0.4, -0.2) is 284 Å². The fraction of sp³-hybridized carbons (Fsp3) is 0.521. The maximum atomic E-state index is 11.7. The van der Waals surface area contributed by atoms with Crippen LogP contribution in [0.5, 0.6) is 5.88 Å². The molecule has 20 atom stereocenters. The van der Waals surface area contributed by atoms with E-state index < -0.39 is 178 Å². The second kappa shape index (κ2) is 28.5. The third kappa shape index (κ3) is 13.4. The summed E-state index contributed by atoms with van der Waals surface area (Å²) in [5.41, 5.74) is 15.3. The summed E-state index contributed by atoms with van der Waals surface area (Å²) in [6.45, 7) is -2.18. The number of ether oxygens (including phenoxy) is 5. The molecule has 13 heterocycles. The zero-order valence-corrected chi connectivity index (χ0v) is 47.1. The van der Waals surface area contributed by atoms with Crippen LogP contribution in [0.3, 0.4) is 0 Å². The average Bonchev–Trinajstić information content (AvgIpc) is 1.68. The van der Waals surface area contributed by atoms with Gasteiger partial charge in [0.25, 0.3) is 11.1 Å². The zero-order chi connectivity index (χ0) is 66.7. The number of aliphatic hydroxyl groups excluding tert-OH is 15. The lowest BCUT2D eigenvalue weighted by molar-refractivity contribution is -0.0550. The number of aromatic hydroxyl groups is 1. The molecule has 5 fully saturated rings. The van der Waals surface area contributed by atoms with Crippen molar-refractivity contribution in [3.8, 4) is 5.88 Å². The molecule has 5 aliphatic heterocycles. The number of aromatic amines is 2. The SMILES string of the molecule is Nc1ccn([C@@H]2O[C@H](CO)[C@@H](O)[C@H]2O)c(=O)n1.Nc1nc2c(ncn2[C@@H]2O[C@H](CO)[C@@H](O)[C@H]2O)c(=O)[nH]1.Nc1ncnc2c1ncn2[C@@H]1O[C@H](CO)[C@@H](O)[C@H]1O.O=c1ccn([C@@H]2O[C@H](CO)[C@@H](O)[C@H]2O)c(=O)[nH]1.OC[C@H]1O[C@@H](n2cnc3c(O)ncnc32)[C@H](O)[C@@H]1O. The van der Waals surface area contributed by atoms with Gasteiger partial charge in [-0.1, -0.05) is 0 Å². The number of nitrogens with zero attached hydrogens (tertiary/aromatic N) is 14. The van der Waals surface area contributed by atoms with Gasteiger partial charge >= 0.3 is 11.4 Å². The predicted molar refractivity (Wildman–Crippen MR) is 299 cm³/mol. The third-order valence-corrected chi connectivity index (χ3v) is 14.8. The first-order valence-corrected chi connectivity index (χ1v) is 27.2. The minimum absolute atomic E-state index is 0.0388. The number of aromatic nitrogens is 16. The zero-order valence-electron chi connectivity index (χ0n) is 47.1. The van der Waals surface area contributed by atoms with E-state index in [9.17, 15) is 75.3 Å². The fourth-order valence-electron chi connectivity index (χ4n) is 10.0. The van der Waals surface area contributed by atoms with E-state index in [-0.39, 0.29) is 45.8 Å². The molecule has 500 valence electrons. The normalized spacial score (nSPS) is 31.6. The first-order chi connectivity index (χ1) is 43.9. The number of aliphatic hydroxyl groups is 15. The van der Waals surface area contributed by atoms with Crippen LogP contribution in [-0.2, 0) is 23.7 Å². The highest BCUT2D eigenvalue weighted by Gasteiger charge is 2.48. The van der Waals surface area contributed by atoms with E-state index in [1.165, 1.54) is 51.3 Å². The van der Waals surface area contributed by atoms with Gasteiger partial charge in [-0.3, -0.25) is 42.4 Å². The molecule has 8 aromatic rings. The maximum absolute atomic E-state index is 11.7. The van der Waals surface area contributed by atoms with Gasteiger partial charge in [0.05, 0.1) is 52.0 Å². The number of nitrogens with one attached hydrogen (secondary N) is 2. The third-order valence-electron chi connectivity index (χ3n) is 14.8. The number of nitrogens with two attached hydrogens (primary N) is 3. The fourth-order valence-corrected chi connectivity index (χ4v) is 10.0. The Morgan fingerprint density at radius 3 is 1.23 bits per heavy atom. The predicted octanol–water partition coefficient (Wildman–Crippen LogP) is -11.9. The van der Waals surface area contributed by atoms with Crippen molar-refractivity contribution in [1.29, 1.82) is 0 Å². The smallest absolute Gasteiger partial charge is 0.351 e. The highest BCUT2D eigenvalue weighted by Crippen LogP contribution is 2.35. The molecular weight excluding hydrogens is 1240 g/mol. The summed E-state index contributed by atoms with van der Waals surface area (Å²) >= 11 is 0. The summed E-state index contributed by atoms with van der Waals surface area (Å²) in [6.07, 6.45) is -13.3. The molecule has 0 radical (unpaired) electrons. The minimum Gasteiger partial charge on any atom is -0.492 e. The van der Waals surface area contributed by atoms with E-state index in [2.05, 4.69) is 49.8 Å². The Balaban J connectivity index is 0.000000136. The Labute approximate surface area is 509 Å². The molecule has 0 aromatic carbocycles. The first kappa shape index (κ1) is 67.8. The van der Waals surface area contributed by atoms with E-state index in [0.29, 0.717) is 11.2 Å². The van der Waals surface area contributed by atoms with Gasteiger partial charge in [-0.25, -0.2) is 39.5 Å². The Morgan fingerprint density at radius 1 is 0.424 bits per heavy atom. The maximum Gasteiger partial charge on any atom is 0.351 e. The number of hydrogen-bond donors (Lipinski definition) is 21. The molecule has 5 saturated heterocycles. The number of nitrogen functional groups attached to an aromatic ring is 3. The van der Waals surface area contributed by atoms with Gasteiger partial charge in [0.1, 0.15) is 116 Å². The van der Waals surface area contributed by atoms with E-state index >= 15 is 0 Å². The van der Waals surface area contributed by atoms with Crippen molar-refractivity contribution in [2.24, 2.45) is 0 Å². The number of hydrogen-bond acceptors (Lipinski definition) is 37. The molecule has 0 amide bonds. The summed E-state index contributed by atoms with van der Waals surface area (Å²) in [5.74, 6) is -0.111. The second-order valence-electron chi connectivity index (χ2n) is 20.6. The largest absolute Gasteiger partial charge is 0.492 e. The molecule has 0 unspecified atom stereocenters. The van der Waals surface area contributed by atoms with E-state index in [0.717, 1.165) is 27.7 Å². The lowest BCUT2D eigenvalue weighted by Crippen LogP contribution is -2.37. The van der Waals surface area contributed by atoms with Gasteiger partial charge in [-0.2, -0.15) is 15.0 Å². The summed E-state index contributed by atoms with van der Waals surface area (Å²) in [6, 6.07) is 2.46. The molecule has 5 aliphatic rings. The molecule has 13 rings (SSSR count). The molecular formula is C48H63N19O25. The topological polar surface area (TPSA) is 688 Å². The highest BCUT2D eigenvalue weighted by atomic mass is 16.6. The lowest BCUT2D eigenvalue weighted by Gasteiger charge is -2.16. The highest BCUT2D eigenvalue weighted by molar-refractivity contribution is 5.81. The number of anilines is 3. The second-order valence-corrected chi connectivity index (χ2v) is 20.6. The van der Waals surface area contributed by atoms with Gasteiger partial charge in [0.15, 0.2) is 64.9 Å². The van der Waals surface area contributed by atoms with Gasteiger partial charge in [-0.15, -0.1) is 0 Å². The monoisotopic (exact) mass is 1310 g/mol. The summed E-state index contributed by atoms with van der Waals surface area (Å²) < 4.78 is 32.5. The Morgan fingerprint density at radius 2 is 0.804 bits per heavy atom. The minimum atomic E-state index is -1.35. The van der Waals surface area contributed by atoms with Crippen LogP contribution in [0.1, 0.15) is 31.1 Å². The van der Waals surface area contributed by atoms with Crippen molar-refractivity contribution in [3.63, 3.8) is 0 Å². The van der Waals surface area contributed by atoms with Crippen LogP contribution in [0.25, 0.3) is 33.5 Å².